The van der Waals surface area contributed by atoms with E-state index >= 15 is 0 Å². The Morgan fingerprint density at radius 3 is 3.08 bits per heavy atom. The van der Waals surface area contributed by atoms with Gasteiger partial charge in [-0.3, -0.25) is 0 Å². The van der Waals surface area contributed by atoms with Crippen LogP contribution in [0.25, 0.3) is 5.65 Å². The first-order chi connectivity index (χ1) is 5.77. The van der Waals surface area contributed by atoms with E-state index in [1.54, 1.807) is 18.5 Å². The molecule has 0 aliphatic rings. The minimum atomic E-state index is 0.318. The van der Waals surface area contributed by atoms with E-state index in [9.17, 15) is 0 Å². The maximum Gasteiger partial charge on any atom is 0.224 e. The fraction of sp³-hybridized carbons (Fsp3) is 0. The van der Waals surface area contributed by atoms with Gasteiger partial charge in [-0.15, -0.1) is 0 Å². The van der Waals surface area contributed by atoms with Crippen LogP contribution in [-0.4, -0.2) is 19.6 Å². The van der Waals surface area contributed by atoms with Gasteiger partial charge in [-0.25, -0.2) is 9.97 Å². The number of nitrogen functional groups attached to an aromatic ring is 1. The van der Waals surface area contributed by atoms with Crippen LogP contribution in [0.15, 0.2) is 18.5 Å². The first-order valence-electron chi connectivity index (χ1n) is 3.24. The lowest BCUT2D eigenvalue weighted by Crippen LogP contribution is -2.02. The summed E-state index contributed by atoms with van der Waals surface area (Å²) in [5.74, 6) is 0.362. The molecule has 2 heterocycles. The fourth-order valence-electron chi connectivity index (χ4n) is 0.888. The Hall–Kier alpha value is -1.56. The Labute approximate surface area is 72.9 Å². The number of hydrogen-bond donors (Lipinski definition) is 1. The Morgan fingerprint density at radius 1 is 1.42 bits per heavy atom. The van der Waals surface area contributed by atoms with Crippen molar-refractivity contribution >= 4 is 23.7 Å². The van der Waals surface area contributed by atoms with Crippen LogP contribution in [0.4, 0.5) is 5.82 Å². The molecule has 0 bridgehead atoms. The molecule has 5 nitrogen and oxygen atoms in total. The van der Waals surface area contributed by atoms with Crippen LogP contribution in [0.5, 0.6) is 0 Å². The molecular weight excluding hydrogens is 174 g/mol. The molecule has 0 atom stereocenters. The summed E-state index contributed by atoms with van der Waals surface area (Å²) in [7, 11) is 0. The lowest BCUT2D eigenvalue weighted by atomic mass is 10.5. The molecule has 12 heavy (non-hydrogen) atoms. The van der Waals surface area contributed by atoms with Gasteiger partial charge in [0.25, 0.3) is 0 Å². The second-order valence-electron chi connectivity index (χ2n) is 2.18. The van der Waals surface area contributed by atoms with Gasteiger partial charge in [-0.05, 0) is 12.2 Å². The third-order valence-corrected chi connectivity index (χ3v) is 1.62. The van der Waals surface area contributed by atoms with Crippen LogP contribution in [0.1, 0.15) is 0 Å². The zero-order valence-electron chi connectivity index (χ0n) is 6.01. The summed E-state index contributed by atoms with van der Waals surface area (Å²) in [5, 5.41) is 3.95. The molecule has 0 amide bonds. The number of rotatable bonds is 0. The van der Waals surface area contributed by atoms with Crippen LogP contribution >= 0.6 is 12.2 Å². The Kier molecular flexibility index (Phi) is 1.47. The molecule has 0 spiro atoms. The maximum atomic E-state index is 5.47. The molecule has 0 unspecified atom stereocenters. The van der Waals surface area contributed by atoms with Crippen LogP contribution in [0.3, 0.4) is 0 Å². The second-order valence-corrected chi connectivity index (χ2v) is 2.54. The molecule has 0 fully saturated rings. The molecule has 0 aliphatic heterocycles. The van der Waals surface area contributed by atoms with Crippen molar-refractivity contribution in [1.82, 2.24) is 19.6 Å². The van der Waals surface area contributed by atoms with Gasteiger partial charge < -0.3 is 5.73 Å². The monoisotopic (exact) mass is 179 g/mol. The predicted octanol–water partition coefficient (Wildman–Crippen LogP) is 0.436. The van der Waals surface area contributed by atoms with E-state index in [-0.39, 0.29) is 0 Å². The summed E-state index contributed by atoms with van der Waals surface area (Å²) >= 11 is 4.91. The standard InChI is InChI=1S/C6H5N5S/c7-4-3-5-8-1-2-9-11(5)6(12)10-4/h1-3H,(H2,7,10,12). The number of nitrogens with zero attached hydrogens (tertiary/aromatic N) is 4. The lowest BCUT2D eigenvalue weighted by Gasteiger charge is -1.97. The Balaban J connectivity index is 2.99. The highest BCUT2D eigenvalue weighted by Gasteiger charge is 1.96. The smallest absolute Gasteiger partial charge is 0.224 e. The van der Waals surface area contributed by atoms with Crippen molar-refractivity contribution in [2.75, 3.05) is 5.73 Å². The first-order valence-corrected chi connectivity index (χ1v) is 3.65. The third kappa shape index (κ3) is 1.02. The minimum absolute atomic E-state index is 0.318. The summed E-state index contributed by atoms with van der Waals surface area (Å²) in [6, 6.07) is 1.61. The number of nitrogens with two attached hydrogens (primary N) is 1. The van der Waals surface area contributed by atoms with Crippen molar-refractivity contribution in [3.05, 3.63) is 23.2 Å². The molecule has 0 aliphatic carbocycles. The van der Waals surface area contributed by atoms with Crippen molar-refractivity contribution in [1.29, 1.82) is 0 Å². The van der Waals surface area contributed by atoms with Crippen LogP contribution in [0, 0.1) is 4.77 Å². The summed E-state index contributed by atoms with van der Waals surface area (Å²) in [6.07, 6.45) is 3.12. The van der Waals surface area contributed by atoms with Crippen LogP contribution < -0.4 is 5.73 Å². The third-order valence-electron chi connectivity index (χ3n) is 1.36. The first kappa shape index (κ1) is 7.11. The number of anilines is 1. The average Bonchev–Trinajstić information content (AvgIpc) is 2.04. The molecule has 0 radical (unpaired) electrons. The quantitative estimate of drug-likeness (QED) is 0.594. The molecule has 0 aromatic carbocycles. The fourth-order valence-corrected chi connectivity index (χ4v) is 1.13. The molecule has 0 saturated carbocycles. The largest absolute Gasteiger partial charge is 0.383 e. The molecule has 2 N–H and O–H groups in total. The highest BCUT2D eigenvalue weighted by atomic mass is 32.1. The van der Waals surface area contributed by atoms with Gasteiger partial charge in [0.15, 0.2) is 5.65 Å². The maximum absolute atomic E-state index is 5.47. The zero-order chi connectivity index (χ0) is 8.55. The van der Waals surface area contributed by atoms with E-state index in [2.05, 4.69) is 15.1 Å². The molecule has 6 heteroatoms. The van der Waals surface area contributed by atoms with Crippen molar-refractivity contribution < 1.29 is 0 Å². The Morgan fingerprint density at radius 2 is 2.25 bits per heavy atom. The molecule has 2 aromatic rings. The van der Waals surface area contributed by atoms with E-state index in [1.165, 1.54) is 4.52 Å². The van der Waals surface area contributed by atoms with Gasteiger partial charge in [0.2, 0.25) is 4.77 Å². The molecular formula is C6H5N5S. The van der Waals surface area contributed by atoms with E-state index < -0.39 is 0 Å². The molecule has 2 rings (SSSR count). The normalized spacial score (nSPS) is 10.3. The van der Waals surface area contributed by atoms with E-state index in [4.69, 9.17) is 18.0 Å². The number of aromatic nitrogens is 4. The Bertz CT molecular complexity index is 477. The van der Waals surface area contributed by atoms with Gasteiger partial charge in [0, 0.05) is 12.3 Å². The second kappa shape index (κ2) is 2.49. The minimum Gasteiger partial charge on any atom is -0.383 e. The van der Waals surface area contributed by atoms with Crippen LogP contribution in [0.2, 0.25) is 0 Å². The summed E-state index contributed by atoms with van der Waals surface area (Å²) in [4.78, 5) is 7.87. The van der Waals surface area contributed by atoms with Crippen molar-refractivity contribution in [3.63, 3.8) is 0 Å². The molecule has 0 saturated heterocycles. The average molecular weight is 179 g/mol. The van der Waals surface area contributed by atoms with Gasteiger partial charge in [-0.1, -0.05) is 0 Å². The van der Waals surface area contributed by atoms with Gasteiger partial charge >= 0.3 is 0 Å². The van der Waals surface area contributed by atoms with Gasteiger partial charge in [-0.2, -0.15) is 9.61 Å². The lowest BCUT2D eigenvalue weighted by molar-refractivity contribution is 0.851. The molecule has 60 valence electrons. The van der Waals surface area contributed by atoms with Gasteiger partial charge in [0.05, 0.1) is 6.20 Å². The zero-order valence-corrected chi connectivity index (χ0v) is 6.82. The molecule has 2 aromatic heterocycles. The predicted molar refractivity (Wildman–Crippen MR) is 46.0 cm³/mol. The summed E-state index contributed by atoms with van der Waals surface area (Å²) < 4.78 is 1.77. The highest BCUT2D eigenvalue weighted by Crippen LogP contribution is 2.01. The van der Waals surface area contributed by atoms with E-state index in [0.29, 0.717) is 16.2 Å². The van der Waals surface area contributed by atoms with Crippen molar-refractivity contribution in [2.24, 2.45) is 0 Å². The van der Waals surface area contributed by atoms with Crippen LogP contribution in [-0.2, 0) is 0 Å². The van der Waals surface area contributed by atoms with E-state index in [1.807, 2.05) is 0 Å². The van der Waals surface area contributed by atoms with Gasteiger partial charge in [0.1, 0.15) is 5.82 Å². The highest BCUT2D eigenvalue weighted by molar-refractivity contribution is 7.71. The summed E-state index contributed by atoms with van der Waals surface area (Å²) in [6.45, 7) is 0. The summed E-state index contributed by atoms with van der Waals surface area (Å²) in [5.41, 5.74) is 6.07. The van der Waals surface area contributed by atoms with Crippen molar-refractivity contribution in [3.8, 4) is 0 Å². The van der Waals surface area contributed by atoms with E-state index in [0.717, 1.165) is 0 Å². The SMILES string of the molecule is Nc1cc2nccnn2c(=S)n1. The topological polar surface area (TPSA) is 69.1 Å². The van der Waals surface area contributed by atoms with Crippen molar-refractivity contribution in [2.45, 2.75) is 0 Å². The number of fused-ring (bicyclic) bond motifs is 1. The number of hydrogen-bond acceptors (Lipinski definition) is 5.